The highest BCUT2D eigenvalue weighted by atomic mass is 32.1. The number of aromatic amines is 1. The molecule has 3 aromatic rings. The summed E-state index contributed by atoms with van der Waals surface area (Å²) in [6.07, 6.45) is 0. The Hall–Kier alpha value is -2.14. The number of thiophene rings is 1. The van der Waals surface area contributed by atoms with Gasteiger partial charge in [-0.05, 0) is 56.8 Å². The van der Waals surface area contributed by atoms with Gasteiger partial charge >= 0.3 is 0 Å². The highest BCUT2D eigenvalue weighted by Gasteiger charge is 2.45. The maximum absolute atomic E-state index is 12.8. The zero-order valence-corrected chi connectivity index (χ0v) is 14.5. The zero-order chi connectivity index (χ0) is 16.4. The molecule has 5 heteroatoms. The van der Waals surface area contributed by atoms with Gasteiger partial charge in [0.25, 0.3) is 0 Å². The van der Waals surface area contributed by atoms with Crippen molar-refractivity contribution in [3.8, 4) is 11.4 Å². The summed E-state index contributed by atoms with van der Waals surface area (Å²) in [6, 6.07) is 6.33. The summed E-state index contributed by atoms with van der Waals surface area (Å²) in [5, 5.41) is 4.13. The molecule has 118 valence electrons. The van der Waals surface area contributed by atoms with Gasteiger partial charge in [0.15, 0.2) is 0 Å². The highest BCUT2D eigenvalue weighted by molar-refractivity contribution is 7.08. The van der Waals surface area contributed by atoms with E-state index >= 15 is 0 Å². The second-order valence-corrected chi connectivity index (χ2v) is 7.66. The molecule has 0 spiro atoms. The van der Waals surface area contributed by atoms with Gasteiger partial charge in [0.05, 0.1) is 22.1 Å². The smallest absolute Gasteiger partial charge is 0.237 e. The molecule has 1 aliphatic rings. The van der Waals surface area contributed by atoms with Crippen LogP contribution < -0.4 is 4.90 Å². The van der Waals surface area contributed by atoms with Crippen LogP contribution in [0.25, 0.3) is 22.4 Å². The van der Waals surface area contributed by atoms with Crippen molar-refractivity contribution in [3.63, 3.8) is 0 Å². The van der Waals surface area contributed by atoms with E-state index < -0.39 is 5.41 Å². The van der Waals surface area contributed by atoms with Gasteiger partial charge in [-0.2, -0.15) is 11.3 Å². The number of imidazole rings is 1. The van der Waals surface area contributed by atoms with Crippen LogP contribution in [0.4, 0.5) is 5.69 Å². The minimum Gasteiger partial charge on any atom is -0.338 e. The van der Waals surface area contributed by atoms with Crippen molar-refractivity contribution < 1.29 is 4.79 Å². The number of aromatic nitrogens is 2. The lowest BCUT2D eigenvalue weighted by Crippen LogP contribution is -2.40. The first-order valence-electron chi connectivity index (χ1n) is 7.80. The number of hydrogen-bond donors (Lipinski definition) is 1. The molecular weight excluding hydrogens is 306 g/mol. The van der Waals surface area contributed by atoms with Crippen LogP contribution in [-0.2, 0) is 10.2 Å². The molecule has 1 amide bonds. The average molecular weight is 325 g/mol. The van der Waals surface area contributed by atoms with E-state index in [4.69, 9.17) is 4.98 Å². The Balaban J connectivity index is 1.94. The molecule has 3 heterocycles. The Labute approximate surface area is 139 Å². The fourth-order valence-electron chi connectivity index (χ4n) is 3.32. The second-order valence-electron chi connectivity index (χ2n) is 6.88. The van der Waals surface area contributed by atoms with Gasteiger partial charge in [0.2, 0.25) is 5.91 Å². The predicted octanol–water partition coefficient (Wildman–Crippen LogP) is 4.32. The molecule has 0 saturated carbocycles. The average Bonchev–Trinajstić information content (AvgIpc) is 3.17. The summed E-state index contributed by atoms with van der Waals surface area (Å²) in [4.78, 5) is 22.8. The number of carbonyl (C=O) groups excluding carboxylic acids is 1. The van der Waals surface area contributed by atoms with Crippen LogP contribution in [0.15, 0.2) is 29.0 Å². The lowest BCUT2D eigenvalue weighted by molar-refractivity contribution is -0.122. The molecule has 4 rings (SSSR count). The topological polar surface area (TPSA) is 49.0 Å². The summed E-state index contributed by atoms with van der Waals surface area (Å²) in [6.45, 7) is 8.10. The van der Waals surface area contributed by atoms with Crippen LogP contribution in [0.3, 0.4) is 0 Å². The summed E-state index contributed by atoms with van der Waals surface area (Å²) in [7, 11) is 0. The summed E-state index contributed by atoms with van der Waals surface area (Å²) in [5.74, 6) is 1.04. The standard InChI is InChI=1S/C18H19N3OS/c1-10(2)21-15-8-14-13(7-12(15)18(3,4)17(21)22)19-16(20-14)11-5-6-23-9-11/h5-10H,1-4H3,(H,19,20). The molecule has 0 saturated heterocycles. The highest BCUT2D eigenvalue weighted by Crippen LogP contribution is 2.44. The zero-order valence-electron chi connectivity index (χ0n) is 13.7. The fraction of sp³-hybridized carbons (Fsp3) is 0.333. The molecule has 0 bridgehead atoms. The number of H-pyrrole nitrogens is 1. The number of carbonyl (C=O) groups is 1. The summed E-state index contributed by atoms with van der Waals surface area (Å²) < 4.78 is 0. The molecule has 2 aromatic heterocycles. The van der Waals surface area contributed by atoms with Gasteiger partial charge in [-0.3, -0.25) is 4.79 Å². The van der Waals surface area contributed by atoms with Crippen molar-refractivity contribution in [3.05, 3.63) is 34.5 Å². The molecule has 23 heavy (non-hydrogen) atoms. The third kappa shape index (κ3) is 1.96. The predicted molar refractivity (Wildman–Crippen MR) is 95.1 cm³/mol. The molecule has 0 unspecified atom stereocenters. The lowest BCUT2D eigenvalue weighted by Gasteiger charge is -2.24. The number of amides is 1. The van der Waals surface area contributed by atoms with Crippen molar-refractivity contribution in [1.29, 1.82) is 0 Å². The number of nitrogens with one attached hydrogen (secondary N) is 1. The Morgan fingerprint density at radius 1 is 1.30 bits per heavy atom. The Morgan fingerprint density at radius 3 is 2.74 bits per heavy atom. The number of anilines is 1. The van der Waals surface area contributed by atoms with Crippen LogP contribution in [-0.4, -0.2) is 21.9 Å². The van der Waals surface area contributed by atoms with E-state index in [0.717, 1.165) is 33.7 Å². The van der Waals surface area contributed by atoms with E-state index in [-0.39, 0.29) is 11.9 Å². The van der Waals surface area contributed by atoms with Gasteiger partial charge < -0.3 is 9.88 Å². The Kier molecular flexibility index (Phi) is 2.94. The monoisotopic (exact) mass is 325 g/mol. The summed E-state index contributed by atoms with van der Waals surface area (Å²) in [5.41, 5.74) is 4.55. The number of rotatable bonds is 2. The largest absolute Gasteiger partial charge is 0.338 e. The first-order valence-corrected chi connectivity index (χ1v) is 8.74. The van der Waals surface area contributed by atoms with Gasteiger partial charge in [-0.1, -0.05) is 0 Å². The number of benzene rings is 1. The second kappa shape index (κ2) is 4.68. The van der Waals surface area contributed by atoms with Crippen molar-refractivity contribution in [1.82, 2.24) is 9.97 Å². The van der Waals surface area contributed by atoms with Crippen LogP contribution in [0, 0.1) is 0 Å². The normalized spacial score (nSPS) is 16.6. The van der Waals surface area contributed by atoms with Crippen LogP contribution in [0.5, 0.6) is 0 Å². The number of fused-ring (bicyclic) bond motifs is 2. The molecule has 1 aromatic carbocycles. The van der Waals surface area contributed by atoms with Crippen molar-refractivity contribution in [2.75, 3.05) is 4.90 Å². The summed E-state index contributed by atoms with van der Waals surface area (Å²) >= 11 is 1.66. The third-order valence-electron chi connectivity index (χ3n) is 4.60. The van der Waals surface area contributed by atoms with E-state index in [0.29, 0.717) is 0 Å². The molecule has 0 fully saturated rings. The maximum atomic E-state index is 12.8. The number of nitrogens with zero attached hydrogens (tertiary/aromatic N) is 2. The fourth-order valence-corrected chi connectivity index (χ4v) is 3.96. The van der Waals surface area contributed by atoms with E-state index in [1.165, 1.54) is 0 Å². The van der Waals surface area contributed by atoms with Gasteiger partial charge in [-0.25, -0.2) is 4.98 Å². The SMILES string of the molecule is CC(C)N1C(=O)C(C)(C)c2cc3[nH]c(-c4ccsc4)nc3cc21. The molecule has 1 aliphatic heterocycles. The molecule has 4 nitrogen and oxygen atoms in total. The van der Waals surface area contributed by atoms with E-state index in [9.17, 15) is 4.79 Å². The van der Waals surface area contributed by atoms with Crippen LogP contribution >= 0.6 is 11.3 Å². The quantitative estimate of drug-likeness (QED) is 0.762. The molecular formula is C18H19N3OS. The van der Waals surface area contributed by atoms with E-state index in [1.54, 1.807) is 11.3 Å². The van der Waals surface area contributed by atoms with Crippen molar-refractivity contribution in [2.24, 2.45) is 0 Å². The van der Waals surface area contributed by atoms with Crippen LogP contribution in [0.2, 0.25) is 0 Å². The maximum Gasteiger partial charge on any atom is 0.237 e. The van der Waals surface area contributed by atoms with Crippen molar-refractivity contribution >= 4 is 34.0 Å². The molecule has 0 radical (unpaired) electrons. The van der Waals surface area contributed by atoms with Gasteiger partial charge in [-0.15, -0.1) is 0 Å². The van der Waals surface area contributed by atoms with Crippen molar-refractivity contribution in [2.45, 2.75) is 39.2 Å². The van der Waals surface area contributed by atoms with Gasteiger partial charge in [0.1, 0.15) is 5.82 Å². The molecule has 1 N–H and O–H groups in total. The Morgan fingerprint density at radius 2 is 2.09 bits per heavy atom. The molecule has 0 atom stereocenters. The minimum absolute atomic E-state index is 0.135. The number of hydrogen-bond acceptors (Lipinski definition) is 3. The van der Waals surface area contributed by atoms with E-state index in [2.05, 4.69) is 36.3 Å². The first-order chi connectivity index (χ1) is 10.9. The minimum atomic E-state index is -0.499. The third-order valence-corrected chi connectivity index (χ3v) is 5.28. The van der Waals surface area contributed by atoms with Gasteiger partial charge in [0, 0.05) is 17.0 Å². The first kappa shape index (κ1) is 14.5. The Bertz CT molecular complexity index is 906. The lowest BCUT2D eigenvalue weighted by atomic mass is 9.86. The van der Waals surface area contributed by atoms with E-state index in [1.807, 2.05) is 30.2 Å². The van der Waals surface area contributed by atoms with Crippen LogP contribution in [0.1, 0.15) is 33.3 Å². The molecule has 0 aliphatic carbocycles.